The van der Waals surface area contributed by atoms with Crippen molar-refractivity contribution >= 4 is 28.3 Å². The molecule has 0 spiro atoms. The number of hydrogen-bond acceptors (Lipinski definition) is 6. The van der Waals surface area contributed by atoms with Gasteiger partial charge in [0.05, 0.1) is 0 Å². The summed E-state index contributed by atoms with van der Waals surface area (Å²) < 4.78 is 4.38. The van der Waals surface area contributed by atoms with Crippen molar-refractivity contribution in [1.82, 2.24) is 10.3 Å². The van der Waals surface area contributed by atoms with E-state index >= 15 is 0 Å². The van der Waals surface area contributed by atoms with Crippen molar-refractivity contribution in [3.8, 4) is 0 Å². The van der Waals surface area contributed by atoms with Crippen molar-refractivity contribution in [2.45, 2.75) is 6.42 Å². The molecule has 10 heavy (non-hydrogen) atoms. The third-order valence-corrected chi connectivity index (χ3v) is 1.95. The Morgan fingerprint density at radius 2 is 2.40 bits per heavy atom. The monoisotopic (exact) mass is 177 g/mol. The first kappa shape index (κ1) is 7.74. The zero-order chi connectivity index (χ0) is 7.40. The summed E-state index contributed by atoms with van der Waals surface area (Å²) in [6.45, 7) is 0. The molecular weight excluding hydrogens is 170 g/mol. The number of nitrogens with two attached hydrogens (primary N) is 1. The van der Waals surface area contributed by atoms with E-state index in [4.69, 9.17) is 5.73 Å². The first-order chi connectivity index (χ1) is 4.84. The fourth-order valence-corrected chi connectivity index (χ4v) is 1.09. The molecule has 56 valence electrons. The van der Waals surface area contributed by atoms with Gasteiger partial charge in [-0.3, -0.25) is 0 Å². The predicted octanol–water partition coefficient (Wildman–Crippen LogP) is 0.772. The summed E-state index contributed by atoms with van der Waals surface area (Å²) in [5, 5.41) is 7.02. The van der Waals surface area contributed by atoms with Crippen molar-refractivity contribution in [3.63, 3.8) is 0 Å². The Balaban J connectivity index is 2.49. The smallest absolute Gasteiger partial charge is 0.191 e. The maximum absolute atomic E-state index is 5.38. The van der Waals surface area contributed by atoms with Crippen LogP contribution in [0.1, 0.15) is 5.69 Å². The molecule has 4 nitrogen and oxygen atoms in total. The first-order valence-corrected chi connectivity index (χ1v) is 4.71. The van der Waals surface area contributed by atoms with Gasteiger partial charge in [0.2, 0.25) is 0 Å². The molecule has 0 bridgehead atoms. The molecule has 1 aromatic heterocycles. The van der Waals surface area contributed by atoms with Gasteiger partial charge in [-0.05, 0) is 5.16 Å². The lowest BCUT2D eigenvalue weighted by Crippen LogP contribution is -1.94. The van der Waals surface area contributed by atoms with E-state index in [2.05, 4.69) is 26.6 Å². The van der Waals surface area contributed by atoms with E-state index in [1.165, 1.54) is 10.8 Å². The molecule has 0 aliphatic rings. The molecule has 0 amide bonds. The van der Waals surface area contributed by atoms with Crippen molar-refractivity contribution < 1.29 is 4.63 Å². The van der Waals surface area contributed by atoms with Crippen molar-refractivity contribution in [3.05, 3.63) is 5.69 Å². The number of aromatic nitrogens is 2. The van der Waals surface area contributed by atoms with E-state index in [0.717, 1.165) is 12.2 Å². The molecule has 0 saturated heterocycles. The summed E-state index contributed by atoms with van der Waals surface area (Å²) in [5.41, 5.74) is 6.09. The van der Waals surface area contributed by atoms with Crippen LogP contribution in [0.4, 0.5) is 5.82 Å². The maximum Gasteiger partial charge on any atom is 0.191 e. The van der Waals surface area contributed by atoms with E-state index in [-0.39, 0.29) is 0 Å². The molecular formula is C4H7N3OS2. The fourth-order valence-electron chi connectivity index (χ4n) is 0.529. The van der Waals surface area contributed by atoms with Crippen LogP contribution >= 0.6 is 22.5 Å². The number of aryl methyl sites for hydroxylation is 1. The van der Waals surface area contributed by atoms with Gasteiger partial charge in [-0.1, -0.05) is 16.0 Å². The minimum absolute atomic E-state index is 0.377. The van der Waals surface area contributed by atoms with Crippen LogP contribution in [0.5, 0.6) is 0 Å². The largest absolute Gasteiger partial charge is 0.379 e. The molecule has 0 radical (unpaired) electrons. The Hall–Kier alpha value is -0.360. The summed E-state index contributed by atoms with van der Waals surface area (Å²) in [4.78, 5) is 0. The third kappa shape index (κ3) is 1.81. The van der Waals surface area contributed by atoms with Gasteiger partial charge in [-0.15, -0.1) is 11.7 Å². The van der Waals surface area contributed by atoms with Gasteiger partial charge in [-0.25, -0.2) is 4.63 Å². The highest BCUT2D eigenvalue weighted by Crippen LogP contribution is 2.11. The van der Waals surface area contributed by atoms with Crippen LogP contribution in [0.15, 0.2) is 4.63 Å². The molecule has 0 saturated carbocycles. The normalized spacial score (nSPS) is 10.1. The molecule has 0 atom stereocenters. The Labute approximate surface area is 67.3 Å². The molecule has 1 aromatic rings. The van der Waals surface area contributed by atoms with Gasteiger partial charge in [0.25, 0.3) is 0 Å². The van der Waals surface area contributed by atoms with Crippen LogP contribution in [0, 0.1) is 0 Å². The van der Waals surface area contributed by atoms with E-state index in [1.807, 2.05) is 0 Å². The van der Waals surface area contributed by atoms with Crippen LogP contribution in [0.3, 0.4) is 0 Å². The SMILES string of the molecule is Nc1nonc1CCSS. The second-order valence-electron chi connectivity index (χ2n) is 1.68. The molecule has 2 N–H and O–H groups in total. The predicted molar refractivity (Wildman–Crippen MR) is 43.9 cm³/mol. The van der Waals surface area contributed by atoms with Crippen molar-refractivity contribution in [1.29, 1.82) is 0 Å². The standard InChI is InChI=1S/C4H7N3OS2/c5-4-3(1-2-10-9)6-8-7-4/h9H,1-2H2,(H2,5,7). The second-order valence-corrected chi connectivity index (χ2v) is 3.12. The highest BCUT2D eigenvalue weighted by Gasteiger charge is 2.03. The number of anilines is 1. The Bertz CT molecular complexity index is 202. The summed E-state index contributed by atoms with van der Waals surface area (Å²) >= 11 is 3.96. The van der Waals surface area contributed by atoms with Crippen LogP contribution in [-0.4, -0.2) is 16.1 Å². The van der Waals surface area contributed by atoms with Gasteiger partial charge >= 0.3 is 0 Å². The van der Waals surface area contributed by atoms with Gasteiger partial charge in [0.1, 0.15) is 5.69 Å². The zero-order valence-corrected chi connectivity index (χ0v) is 6.86. The van der Waals surface area contributed by atoms with E-state index in [9.17, 15) is 0 Å². The second kappa shape index (κ2) is 3.72. The summed E-state index contributed by atoms with van der Waals surface area (Å²) in [6.07, 6.45) is 0.753. The van der Waals surface area contributed by atoms with E-state index < -0.39 is 0 Å². The van der Waals surface area contributed by atoms with Gasteiger partial charge in [0.15, 0.2) is 5.82 Å². The van der Waals surface area contributed by atoms with Crippen LogP contribution in [-0.2, 0) is 6.42 Å². The molecule has 1 heterocycles. The fraction of sp³-hybridized carbons (Fsp3) is 0.500. The van der Waals surface area contributed by atoms with Gasteiger partial charge < -0.3 is 5.73 Å². The molecule has 0 fully saturated rings. The third-order valence-electron chi connectivity index (χ3n) is 1.02. The summed E-state index contributed by atoms with van der Waals surface area (Å²) in [6, 6.07) is 0. The number of nitrogens with zero attached hydrogens (tertiary/aromatic N) is 2. The van der Waals surface area contributed by atoms with Crippen LogP contribution in [0.2, 0.25) is 0 Å². The zero-order valence-electron chi connectivity index (χ0n) is 5.15. The lowest BCUT2D eigenvalue weighted by Gasteiger charge is -1.89. The number of thiol groups is 1. The Kier molecular flexibility index (Phi) is 2.88. The topological polar surface area (TPSA) is 64.9 Å². The quantitative estimate of drug-likeness (QED) is 0.527. The molecule has 0 aliphatic carbocycles. The summed E-state index contributed by atoms with van der Waals surface area (Å²) in [7, 11) is 1.44. The van der Waals surface area contributed by atoms with Crippen LogP contribution in [0.25, 0.3) is 0 Å². The number of nitrogen functional groups attached to an aromatic ring is 1. The minimum Gasteiger partial charge on any atom is -0.379 e. The average molecular weight is 177 g/mol. The lowest BCUT2D eigenvalue weighted by molar-refractivity contribution is 0.305. The molecule has 1 rings (SSSR count). The summed E-state index contributed by atoms with van der Waals surface area (Å²) in [5.74, 6) is 1.24. The molecule has 6 heteroatoms. The molecule has 0 aromatic carbocycles. The highest BCUT2D eigenvalue weighted by molar-refractivity contribution is 8.68. The molecule has 0 aliphatic heterocycles. The van der Waals surface area contributed by atoms with Gasteiger partial charge in [0, 0.05) is 12.2 Å². The van der Waals surface area contributed by atoms with Gasteiger partial charge in [-0.2, -0.15) is 0 Å². The Morgan fingerprint density at radius 1 is 1.60 bits per heavy atom. The first-order valence-electron chi connectivity index (χ1n) is 2.68. The van der Waals surface area contributed by atoms with E-state index in [1.54, 1.807) is 0 Å². The lowest BCUT2D eigenvalue weighted by atomic mass is 10.3. The van der Waals surface area contributed by atoms with Crippen molar-refractivity contribution in [2.75, 3.05) is 11.5 Å². The van der Waals surface area contributed by atoms with E-state index in [0.29, 0.717) is 11.5 Å². The number of rotatable bonds is 3. The number of hydrogen-bond donors (Lipinski definition) is 2. The minimum atomic E-state index is 0.377. The highest BCUT2D eigenvalue weighted by atomic mass is 33.1. The molecule has 0 unspecified atom stereocenters. The van der Waals surface area contributed by atoms with Crippen molar-refractivity contribution in [2.24, 2.45) is 0 Å². The average Bonchev–Trinajstić information content (AvgIpc) is 2.31. The maximum atomic E-state index is 5.38. The Morgan fingerprint density at radius 3 is 2.90 bits per heavy atom. The van der Waals surface area contributed by atoms with Crippen LogP contribution < -0.4 is 5.73 Å².